The van der Waals surface area contributed by atoms with E-state index in [0.29, 0.717) is 6.04 Å². The van der Waals surface area contributed by atoms with Crippen molar-refractivity contribution < 1.29 is 4.92 Å². The van der Waals surface area contributed by atoms with Crippen LogP contribution in [0.1, 0.15) is 12.6 Å². The van der Waals surface area contributed by atoms with E-state index in [2.05, 4.69) is 34.1 Å². The average molecular weight is 343 g/mol. The first-order valence-corrected chi connectivity index (χ1v) is 8.66. The molecule has 1 aliphatic heterocycles. The molecule has 2 aromatic rings. The van der Waals surface area contributed by atoms with Gasteiger partial charge in [-0.3, -0.25) is 20.0 Å². The van der Waals surface area contributed by atoms with Gasteiger partial charge >= 0.3 is 0 Å². The topological polar surface area (TPSA) is 74.5 Å². The van der Waals surface area contributed by atoms with Crippen molar-refractivity contribution in [3.63, 3.8) is 0 Å². The summed E-state index contributed by atoms with van der Waals surface area (Å²) in [7, 11) is 2.15. The monoisotopic (exact) mass is 343 g/mol. The van der Waals surface area contributed by atoms with E-state index in [1.807, 2.05) is 13.0 Å². The molecular formula is C18H25N5O2. The third kappa shape index (κ3) is 4.05. The van der Waals surface area contributed by atoms with E-state index in [1.54, 1.807) is 12.1 Å². The zero-order chi connectivity index (χ0) is 18.0. The Kier molecular flexibility index (Phi) is 5.15. The lowest BCUT2D eigenvalue weighted by molar-refractivity contribution is -0.384. The maximum absolute atomic E-state index is 11.1. The van der Waals surface area contributed by atoms with E-state index in [9.17, 15) is 10.1 Å². The predicted octanol–water partition coefficient (Wildman–Crippen LogP) is 2.50. The van der Waals surface area contributed by atoms with E-state index in [1.165, 1.54) is 6.07 Å². The Morgan fingerprint density at radius 3 is 2.68 bits per heavy atom. The van der Waals surface area contributed by atoms with Crippen LogP contribution < -0.4 is 5.32 Å². The van der Waals surface area contributed by atoms with Crippen LogP contribution in [0, 0.1) is 17.0 Å². The van der Waals surface area contributed by atoms with Gasteiger partial charge in [-0.25, -0.2) is 0 Å². The van der Waals surface area contributed by atoms with Crippen molar-refractivity contribution in [3.05, 3.63) is 40.1 Å². The summed E-state index contributed by atoms with van der Waals surface area (Å²) in [4.78, 5) is 20.0. The zero-order valence-corrected chi connectivity index (χ0v) is 15.0. The molecular weight excluding hydrogens is 318 g/mol. The molecule has 0 aliphatic carbocycles. The number of aryl methyl sites for hydroxylation is 1. The molecule has 1 aromatic carbocycles. The van der Waals surface area contributed by atoms with Gasteiger partial charge < -0.3 is 10.2 Å². The molecule has 1 atom stereocenters. The molecule has 0 amide bonds. The zero-order valence-electron chi connectivity index (χ0n) is 15.0. The molecule has 1 aliphatic rings. The SMILES string of the molecule is Cc1cc(NC[C@H](C)N2CCN(C)CC2)c2cc([N+](=O)[O-])ccc2n1. The van der Waals surface area contributed by atoms with Crippen molar-refractivity contribution >= 4 is 22.3 Å². The minimum absolute atomic E-state index is 0.0910. The number of anilines is 1. The Labute approximate surface area is 147 Å². The number of nitrogens with zero attached hydrogens (tertiary/aromatic N) is 4. The van der Waals surface area contributed by atoms with Crippen molar-refractivity contribution in [2.45, 2.75) is 19.9 Å². The van der Waals surface area contributed by atoms with Crippen LogP contribution >= 0.6 is 0 Å². The lowest BCUT2D eigenvalue weighted by Crippen LogP contribution is -2.49. The maximum Gasteiger partial charge on any atom is 0.270 e. The summed E-state index contributed by atoms with van der Waals surface area (Å²) in [6.07, 6.45) is 0. The number of nitro benzene ring substituents is 1. The van der Waals surface area contributed by atoms with Crippen LogP contribution in [0.25, 0.3) is 10.9 Å². The largest absolute Gasteiger partial charge is 0.383 e. The van der Waals surface area contributed by atoms with Crippen molar-refractivity contribution in [1.82, 2.24) is 14.8 Å². The van der Waals surface area contributed by atoms with Crippen LogP contribution in [0.4, 0.5) is 11.4 Å². The molecule has 0 unspecified atom stereocenters. The highest BCUT2D eigenvalue weighted by Gasteiger charge is 2.19. The van der Waals surface area contributed by atoms with E-state index in [-0.39, 0.29) is 10.6 Å². The molecule has 0 saturated carbocycles. The quantitative estimate of drug-likeness (QED) is 0.664. The number of nitro groups is 1. The first-order chi connectivity index (χ1) is 11.9. The van der Waals surface area contributed by atoms with E-state index in [4.69, 9.17) is 0 Å². The highest BCUT2D eigenvalue weighted by atomic mass is 16.6. The molecule has 25 heavy (non-hydrogen) atoms. The molecule has 0 bridgehead atoms. The summed E-state index contributed by atoms with van der Waals surface area (Å²) >= 11 is 0. The molecule has 1 N–H and O–H groups in total. The third-order valence-electron chi connectivity index (χ3n) is 4.88. The fraction of sp³-hybridized carbons (Fsp3) is 0.500. The second-order valence-electron chi connectivity index (χ2n) is 6.84. The van der Waals surface area contributed by atoms with Crippen molar-refractivity contribution in [1.29, 1.82) is 0 Å². The van der Waals surface area contributed by atoms with Gasteiger partial charge in [0.1, 0.15) is 0 Å². The maximum atomic E-state index is 11.1. The highest BCUT2D eigenvalue weighted by molar-refractivity contribution is 5.93. The first-order valence-electron chi connectivity index (χ1n) is 8.66. The number of fused-ring (bicyclic) bond motifs is 1. The normalized spacial score (nSPS) is 17.6. The Balaban J connectivity index is 1.78. The molecule has 3 rings (SSSR count). The Hall–Kier alpha value is -2.25. The van der Waals surface area contributed by atoms with Gasteiger partial charge in [-0.15, -0.1) is 0 Å². The molecule has 0 radical (unpaired) electrons. The number of likely N-dealkylation sites (N-methyl/N-ethyl adjacent to an activating group) is 1. The Bertz CT molecular complexity index is 771. The number of rotatable bonds is 5. The number of nitrogens with one attached hydrogen (secondary N) is 1. The molecule has 7 heteroatoms. The smallest absolute Gasteiger partial charge is 0.270 e. The van der Waals surface area contributed by atoms with Gasteiger partial charge in [0.2, 0.25) is 0 Å². The van der Waals surface area contributed by atoms with Gasteiger partial charge in [0.05, 0.1) is 10.4 Å². The summed E-state index contributed by atoms with van der Waals surface area (Å²) in [5.74, 6) is 0. The molecule has 7 nitrogen and oxygen atoms in total. The Morgan fingerprint density at radius 2 is 2.00 bits per heavy atom. The second kappa shape index (κ2) is 7.33. The van der Waals surface area contributed by atoms with Crippen molar-refractivity contribution in [2.75, 3.05) is 45.1 Å². The molecule has 2 heterocycles. The number of hydrogen-bond donors (Lipinski definition) is 1. The second-order valence-corrected chi connectivity index (χ2v) is 6.84. The number of aromatic nitrogens is 1. The predicted molar refractivity (Wildman–Crippen MR) is 100 cm³/mol. The fourth-order valence-electron chi connectivity index (χ4n) is 3.26. The van der Waals surface area contributed by atoms with E-state index in [0.717, 1.165) is 55.0 Å². The lowest BCUT2D eigenvalue weighted by atomic mass is 10.1. The van der Waals surface area contributed by atoms with Gasteiger partial charge in [0.15, 0.2) is 0 Å². The summed E-state index contributed by atoms with van der Waals surface area (Å²) < 4.78 is 0. The van der Waals surface area contributed by atoms with Crippen molar-refractivity contribution in [2.24, 2.45) is 0 Å². The number of benzene rings is 1. The van der Waals surface area contributed by atoms with Crippen LogP contribution in [0.3, 0.4) is 0 Å². The van der Waals surface area contributed by atoms with Gasteiger partial charge in [-0.2, -0.15) is 0 Å². The van der Waals surface area contributed by atoms with Crippen LogP contribution in [-0.2, 0) is 0 Å². The van der Waals surface area contributed by atoms with Crippen LogP contribution in [0.15, 0.2) is 24.3 Å². The molecule has 134 valence electrons. The average Bonchev–Trinajstić information content (AvgIpc) is 2.59. The molecule has 1 aromatic heterocycles. The highest BCUT2D eigenvalue weighted by Crippen LogP contribution is 2.27. The van der Waals surface area contributed by atoms with Crippen LogP contribution in [0.2, 0.25) is 0 Å². The standard InChI is InChI=1S/C18H25N5O2/c1-13-10-18(16-11-15(23(24)25)4-5-17(16)20-13)19-12-14(2)22-8-6-21(3)7-9-22/h4-5,10-11,14H,6-9,12H2,1-3H3,(H,19,20)/t14-/m0/s1. The summed E-state index contributed by atoms with van der Waals surface area (Å²) in [6, 6.07) is 7.19. The number of piperazine rings is 1. The van der Waals surface area contributed by atoms with Crippen molar-refractivity contribution in [3.8, 4) is 0 Å². The van der Waals surface area contributed by atoms with Crippen LogP contribution in [0.5, 0.6) is 0 Å². The fourth-order valence-corrected chi connectivity index (χ4v) is 3.26. The van der Waals surface area contributed by atoms with Gasteiger partial charge in [0, 0.05) is 67.7 Å². The third-order valence-corrected chi connectivity index (χ3v) is 4.88. The molecule has 1 saturated heterocycles. The minimum Gasteiger partial charge on any atom is -0.383 e. The minimum atomic E-state index is -0.365. The Morgan fingerprint density at radius 1 is 1.28 bits per heavy atom. The molecule has 1 fully saturated rings. The number of non-ortho nitro benzene ring substituents is 1. The number of hydrogen-bond acceptors (Lipinski definition) is 6. The number of pyridine rings is 1. The first kappa shape index (κ1) is 17.6. The summed E-state index contributed by atoms with van der Waals surface area (Å²) in [5, 5.41) is 15.4. The summed E-state index contributed by atoms with van der Waals surface area (Å²) in [5.41, 5.74) is 2.68. The van der Waals surface area contributed by atoms with E-state index < -0.39 is 0 Å². The van der Waals surface area contributed by atoms with E-state index >= 15 is 0 Å². The van der Waals surface area contributed by atoms with Crippen LogP contribution in [-0.4, -0.2) is 65.5 Å². The lowest BCUT2D eigenvalue weighted by Gasteiger charge is -2.36. The molecule has 0 spiro atoms. The summed E-state index contributed by atoms with van der Waals surface area (Å²) in [6.45, 7) is 9.28. The van der Waals surface area contributed by atoms with Gasteiger partial charge in [-0.1, -0.05) is 0 Å². The van der Waals surface area contributed by atoms with Gasteiger partial charge in [0.25, 0.3) is 5.69 Å². The van der Waals surface area contributed by atoms with Gasteiger partial charge in [-0.05, 0) is 33.0 Å².